The van der Waals surface area contributed by atoms with Gasteiger partial charge >= 0.3 is 5.97 Å². The normalized spacial score (nSPS) is 12.8. The molecule has 106 valence electrons. The maximum atomic E-state index is 11.5. The van der Waals surface area contributed by atoms with Gasteiger partial charge in [-0.25, -0.2) is 0 Å². The van der Waals surface area contributed by atoms with E-state index in [1.165, 1.54) is 0 Å². The molecule has 19 heavy (non-hydrogen) atoms. The fourth-order valence-corrected chi connectivity index (χ4v) is 1.96. The molecule has 0 saturated heterocycles. The average Bonchev–Trinajstić information content (AvgIpc) is 2.34. The fourth-order valence-electron chi connectivity index (χ4n) is 1.96. The van der Waals surface area contributed by atoms with Crippen molar-refractivity contribution in [3.05, 3.63) is 29.3 Å². The Bertz CT molecular complexity index is 441. The largest absolute Gasteiger partial charge is 0.496 e. The molecule has 1 aromatic rings. The lowest BCUT2D eigenvalue weighted by atomic mass is 9.96. The highest BCUT2D eigenvalue weighted by Crippen LogP contribution is 2.29. The highest BCUT2D eigenvalue weighted by molar-refractivity contribution is 5.77. The number of aliphatic carboxylic acids is 1. The number of hydrogen-bond acceptors (Lipinski definition) is 3. The van der Waals surface area contributed by atoms with Crippen LogP contribution in [0.2, 0.25) is 0 Å². The topological polar surface area (TPSA) is 58.6 Å². The van der Waals surface area contributed by atoms with Crippen LogP contribution in [0.25, 0.3) is 0 Å². The van der Waals surface area contributed by atoms with Crippen molar-refractivity contribution < 1.29 is 14.6 Å². The van der Waals surface area contributed by atoms with Crippen molar-refractivity contribution in [1.29, 1.82) is 0 Å². The molecule has 1 atom stereocenters. The van der Waals surface area contributed by atoms with Crippen molar-refractivity contribution in [2.45, 2.75) is 45.7 Å². The van der Waals surface area contributed by atoms with Gasteiger partial charge in [-0.1, -0.05) is 19.9 Å². The molecule has 0 amide bonds. The molecule has 0 bridgehead atoms. The summed E-state index contributed by atoms with van der Waals surface area (Å²) in [6.45, 7) is 8.01. The number of rotatable bonds is 6. The van der Waals surface area contributed by atoms with Crippen molar-refractivity contribution >= 4 is 5.97 Å². The maximum Gasteiger partial charge on any atom is 0.325 e. The van der Waals surface area contributed by atoms with Gasteiger partial charge < -0.3 is 9.84 Å². The first-order chi connectivity index (χ1) is 8.86. The summed E-state index contributed by atoms with van der Waals surface area (Å²) >= 11 is 0. The Balaban J connectivity index is 3.25. The molecule has 0 aromatic heterocycles. The summed E-state index contributed by atoms with van der Waals surface area (Å²) in [5.41, 5.74) is 1.78. The first kappa shape index (κ1) is 15.5. The van der Waals surface area contributed by atoms with E-state index in [1.54, 1.807) is 7.11 Å². The SMILES string of the molecule is COc1ccc(C(C)C)cc1C(NC(C)C)C(=O)O. The first-order valence-electron chi connectivity index (χ1n) is 6.53. The van der Waals surface area contributed by atoms with Crippen molar-refractivity contribution in [3.8, 4) is 5.75 Å². The van der Waals surface area contributed by atoms with E-state index in [1.807, 2.05) is 32.0 Å². The average molecular weight is 265 g/mol. The number of carboxylic acid groups (broad SMARTS) is 1. The second-order valence-electron chi connectivity index (χ2n) is 5.25. The van der Waals surface area contributed by atoms with Gasteiger partial charge in [-0.15, -0.1) is 0 Å². The Hall–Kier alpha value is -1.55. The van der Waals surface area contributed by atoms with E-state index in [0.717, 1.165) is 5.56 Å². The standard InChI is InChI=1S/C15H23NO3/c1-9(2)11-6-7-13(19-5)12(8-11)14(15(17)18)16-10(3)4/h6-10,14,16H,1-5H3,(H,17,18). The molecule has 0 aliphatic carbocycles. The Morgan fingerprint density at radius 3 is 2.32 bits per heavy atom. The highest BCUT2D eigenvalue weighted by Gasteiger charge is 2.24. The van der Waals surface area contributed by atoms with Crippen LogP contribution in [0.5, 0.6) is 5.75 Å². The molecule has 1 rings (SSSR count). The molecular weight excluding hydrogens is 242 g/mol. The summed E-state index contributed by atoms with van der Waals surface area (Å²) in [6, 6.07) is 5.05. The van der Waals surface area contributed by atoms with E-state index >= 15 is 0 Å². The smallest absolute Gasteiger partial charge is 0.325 e. The lowest BCUT2D eigenvalue weighted by Gasteiger charge is -2.21. The van der Waals surface area contributed by atoms with E-state index < -0.39 is 12.0 Å². The third-order valence-corrected chi connectivity index (χ3v) is 2.98. The summed E-state index contributed by atoms with van der Waals surface area (Å²) in [6.07, 6.45) is 0. The zero-order chi connectivity index (χ0) is 14.6. The third kappa shape index (κ3) is 3.96. The van der Waals surface area contributed by atoms with Gasteiger partial charge in [-0.2, -0.15) is 0 Å². The lowest BCUT2D eigenvalue weighted by Crippen LogP contribution is -2.34. The first-order valence-corrected chi connectivity index (χ1v) is 6.53. The van der Waals surface area contributed by atoms with E-state index in [-0.39, 0.29) is 6.04 Å². The van der Waals surface area contributed by atoms with Gasteiger partial charge in [0.2, 0.25) is 0 Å². The molecule has 4 nitrogen and oxygen atoms in total. The maximum absolute atomic E-state index is 11.5. The lowest BCUT2D eigenvalue weighted by molar-refractivity contribution is -0.139. The van der Waals surface area contributed by atoms with Crippen molar-refractivity contribution in [1.82, 2.24) is 5.32 Å². The minimum absolute atomic E-state index is 0.0773. The van der Waals surface area contributed by atoms with Crippen molar-refractivity contribution in [2.75, 3.05) is 7.11 Å². The van der Waals surface area contributed by atoms with Gasteiger partial charge in [-0.3, -0.25) is 10.1 Å². The number of benzene rings is 1. The number of methoxy groups -OCH3 is 1. The Morgan fingerprint density at radius 1 is 1.26 bits per heavy atom. The highest BCUT2D eigenvalue weighted by atomic mass is 16.5. The van der Waals surface area contributed by atoms with Crippen LogP contribution in [0.4, 0.5) is 0 Å². The molecule has 1 unspecified atom stereocenters. The van der Waals surface area contributed by atoms with Crippen LogP contribution in [0.1, 0.15) is 50.8 Å². The number of carbonyl (C=O) groups is 1. The molecule has 0 radical (unpaired) electrons. The van der Waals surface area contributed by atoms with Gasteiger partial charge in [-0.05, 0) is 37.5 Å². The monoisotopic (exact) mass is 265 g/mol. The number of ether oxygens (including phenoxy) is 1. The minimum Gasteiger partial charge on any atom is -0.496 e. The van der Waals surface area contributed by atoms with Gasteiger partial charge in [0.25, 0.3) is 0 Å². The van der Waals surface area contributed by atoms with Gasteiger partial charge in [0.1, 0.15) is 11.8 Å². The van der Waals surface area contributed by atoms with Gasteiger partial charge in [0, 0.05) is 11.6 Å². The number of hydrogen-bond donors (Lipinski definition) is 2. The minimum atomic E-state index is -0.895. The summed E-state index contributed by atoms with van der Waals surface area (Å²) in [5.74, 6) is 0.0519. The van der Waals surface area contributed by atoms with Crippen LogP contribution in [-0.4, -0.2) is 24.2 Å². The van der Waals surface area contributed by atoms with E-state index in [2.05, 4.69) is 19.2 Å². The summed E-state index contributed by atoms with van der Waals surface area (Å²) in [4.78, 5) is 11.5. The van der Waals surface area contributed by atoms with Crippen LogP contribution in [0.15, 0.2) is 18.2 Å². The molecule has 0 spiro atoms. The Labute approximate surface area is 114 Å². The van der Waals surface area contributed by atoms with Crippen LogP contribution >= 0.6 is 0 Å². The van der Waals surface area contributed by atoms with Crippen LogP contribution in [0, 0.1) is 0 Å². The second kappa shape index (κ2) is 6.57. The third-order valence-electron chi connectivity index (χ3n) is 2.98. The molecule has 1 aromatic carbocycles. The van der Waals surface area contributed by atoms with Crippen molar-refractivity contribution in [2.24, 2.45) is 0 Å². The number of carboxylic acids is 1. The predicted octanol–water partition coefficient (Wildman–Crippen LogP) is 2.94. The quantitative estimate of drug-likeness (QED) is 0.830. The predicted molar refractivity (Wildman–Crippen MR) is 75.7 cm³/mol. The molecule has 0 fully saturated rings. The second-order valence-corrected chi connectivity index (χ2v) is 5.25. The zero-order valence-electron chi connectivity index (χ0n) is 12.2. The van der Waals surface area contributed by atoms with E-state index in [0.29, 0.717) is 17.2 Å². The van der Waals surface area contributed by atoms with Gasteiger partial charge in [0.15, 0.2) is 0 Å². The zero-order valence-corrected chi connectivity index (χ0v) is 12.2. The Kier molecular flexibility index (Phi) is 5.36. The molecule has 2 N–H and O–H groups in total. The molecule has 0 heterocycles. The molecule has 0 aliphatic rings. The van der Waals surface area contributed by atoms with Crippen LogP contribution < -0.4 is 10.1 Å². The summed E-state index contributed by atoms with van der Waals surface area (Å²) in [7, 11) is 1.56. The molecular formula is C15H23NO3. The van der Waals surface area contributed by atoms with E-state index in [4.69, 9.17) is 4.74 Å². The van der Waals surface area contributed by atoms with Crippen LogP contribution in [-0.2, 0) is 4.79 Å². The Morgan fingerprint density at radius 2 is 1.89 bits per heavy atom. The summed E-state index contributed by atoms with van der Waals surface area (Å²) in [5, 5.41) is 12.5. The molecule has 0 aliphatic heterocycles. The fraction of sp³-hybridized carbons (Fsp3) is 0.533. The molecule has 0 saturated carbocycles. The van der Waals surface area contributed by atoms with E-state index in [9.17, 15) is 9.90 Å². The number of nitrogens with one attached hydrogen (secondary N) is 1. The molecule has 4 heteroatoms. The van der Waals surface area contributed by atoms with Crippen LogP contribution in [0.3, 0.4) is 0 Å². The summed E-state index contributed by atoms with van der Waals surface area (Å²) < 4.78 is 5.29. The van der Waals surface area contributed by atoms with Crippen molar-refractivity contribution in [3.63, 3.8) is 0 Å². The van der Waals surface area contributed by atoms with Gasteiger partial charge in [0.05, 0.1) is 7.11 Å².